The fourth-order valence-corrected chi connectivity index (χ4v) is 5.03. The quantitative estimate of drug-likeness (QED) is 0.676. The van der Waals surface area contributed by atoms with Crippen LogP contribution in [-0.2, 0) is 14.4 Å². The molecule has 1 aromatic rings. The highest BCUT2D eigenvalue weighted by Gasteiger charge is 2.47. The first-order chi connectivity index (χ1) is 12.6. The van der Waals surface area contributed by atoms with Crippen LogP contribution < -0.4 is 4.72 Å². The first kappa shape index (κ1) is 23.2. The van der Waals surface area contributed by atoms with Crippen molar-refractivity contribution in [2.24, 2.45) is 0 Å². The fourth-order valence-electron chi connectivity index (χ4n) is 3.08. The Morgan fingerprint density at radius 1 is 1.18 bits per heavy atom. The lowest BCUT2D eigenvalue weighted by Crippen LogP contribution is -2.44. The van der Waals surface area contributed by atoms with Crippen molar-refractivity contribution in [3.8, 4) is 0 Å². The van der Waals surface area contributed by atoms with Gasteiger partial charge in [-0.1, -0.05) is 39.0 Å². The van der Waals surface area contributed by atoms with Crippen molar-refractivity contribution >= 4 is 24.0 Å². The number of nitrogens with zero attached hydrogens (tertiary/aromatic N) is 1. The maximum Gasteiger partial charge on any atom is 0.516 e. The van der Waals surface area contributed by atoms with Crippen molar-refractivity contribution in [3.63, 3.8) is 0 Å². The molecule has 2 rings (SSSR count). The summed E-state index contributed by atoms with van der Waals surface area (Å²) < 4.78 is 69.7. The SMILES string of the molecule is CN1C[C@H](O[Si](C)(C)C(C)(C)C)C[C@H]1c1ccccc1NS(=O)(=O)C(F)(F)F. The Hall–Kier alpha value is -1.10. The van der Waals surface area contributed by atoms with Gasteiger partial charge >= 0.3 is 15.5 Å². The Kier molecular flexibility index (Phi) is 6.31. The first-order valence-corrected chi connectivity index (χ1v) is 13.5. The summed E-state index contributed by atoms with van der Waals surface area (Å²) in [4.78, 5) is 2.00. The van der Waals surface area contributed by atoms with Crippen molar-refractivity contribution in [2.75, 3.05) is 18.3 Å². The highest BCUT2D eigenvalue weighted by atomic mass is 32.2. The summed E-state index contributed by atoms with van der Waals surface area (Å²) in [7, 11) is -5.60. The van der Waals surface area contributed by atoms with Gasteiger partial charge in [-0.25, -0.2) is 0 Å². The van der Waals surface area contributed by atoms with E-state index in [-0.39, 0.29) is 22.9 Å². The summed E-state index contributed by atoms with van der Waals surface area (Å²) in [5.41, 5.74) is -4.90. The monoisotopic (exact) mass is 438 g/mol. The number of anilines is 1. The van der Waals surface area contributed by atoms with E-state index in [1.165, 1.54) is 12.1 Å². The lowest BCUT2D eigenvalue weighted by Gasteiger charge is -2.38. The van der Waals surface area contributed by atoms with Crippen LogP contribution in [0.1, 0.15) is 38.8 Å². The molecule has 1 heterocycles. The van der Waals surface area contributed by atoms with Gasteiger partial charge < -0.3 is 4.43 Å². The number of alkyl halides is 3. The molecule has 0 aromatic heterocycles. The average Bonchev–Trinajstić information content (AvgIpc) is 2.84. The van der Waals surface area contributed by atoms with Crippen molar-refractivity contribution in [1.82, 2.24) is 4.90 Å². The Bertz CT molecular complexity index is 807. The van der Waals surface area contributed by atoms with Crippen LogP contribution in [0.2, 0.25) is 18.1 Å². The molecule has 0 aliphatic carbocycles. The van der Waals surface area contributed by atoms with Crippen molar-refractivity contribution in [2.45, 2.75) is 63.0 Å². The zero-order valence-corrected chi connectivity index (χ0v) is 18.9. The maximum atomic E-state index is 12.8. The molecule has 0 amide bonds. The number of halogens is 3. The largest absolute Gasteiger partial charge is 0.516 e. The topological polar surface area (TPSA) is 58.6 Å². The Balaban J connectivity index is 2.25. The average molecular weight is 439 g/mol. The molecule has 5 nitrogen and oxygen atoms in total. The van der Waals surface area contributed by atoms with Crippen LogP contribution >= 0.6 is 0 Å². The van der Waals surface area contributed by atoms with Gasteiger partial charge in [0.15, 0.2) is 8.32 Å². The number of benzene rings is 1. The summed E-state index contributed by atoms with van der Waals surface area (Å²) in [5.74, 6) is 0. The van der Waals surface area contributed by atoms with Gasteiger partial charge in [0.1, 0.15) is 0 Å². The third-order valence-electron chi connectivity index (χ3n) is 5.65. The molecule has 0 unspecified atom stereocenters. The van der Waals surface area contributed by atoms with Crippen LogP contribution in [0.15, 0.2) is 24.3 Å². The summed E-state index contributed by atoms with van der Waals surface area (Å²) in [6, 6.07) is 5.98. The second-order valence-corrected chi connectivity index (χ2v) is 15.3. The molecule has 28 heavy (non-hydrogen) atoms. The second kappa shape index (κ2) is 7.62. The molecule has 0 spiro atoms. The maximum absolute atomic E-state index is 12.8. The standard InChI is InChI=1S/C18H29F3N2O3SSi/c1-17(2,3)28(5,6)26-13-11-16(23(4)12-13)14-9-7-8-10-15(14)22-27(24,25)18(19,20)21/h7-10,13,16,22H,11-12H2,1-6H3/t13-,16+/m1/s1. The first-order valence-electron chi connectivity index (χ1n) is 9.11. The minimum atomic E-state index is -5.47. The number of hydrogen-bond acceptors (Lipinski definition) is 4. The van der Waals surface area contributed by atoms with Crippen molar-refractivity contribution < 1.29 is 26.0 Å². The number of nitrogens with one attached hydrogen (secondary N) is 1. The van der Waals surface area contributed by atoms with Gasteiger partial charge in [-0.15, -0.1) is 0 Å². The number of likely N-dealkylation sites (tertiary alicyclic amines) is 1. The van der Waals surface area contributed by atoms with Gasteiger partial charge in [-0.05, 0) is 43.2 Å². The normalized spacial score (nSPS) is 22.5. The van der Waals surface area contributed by atoms with Gasteiger partial charge in [0.05, 0.1) is 11.8 Å². The fraction of sp³-hybridized carbons (Fsp3) is 0.667. The van der Waals surface area contributed by atoms with Crippen LogP contribution in [-0.4, -0.2) is 46.8 Å². The summed E-state index contributed by atoms with van der Waals surface area (Å²) in [6.07, 6.45) is 0.538. The molecule has 1 N–H and O–H groups in total. The molecular formula is C18H29F3N2O3SSi. The minimum Gasteiger partial charge on any atom is -0.413 e. The van der Waals surface area contributed by atoms with Crippen LogP contribution in [0.3, 0.4) is 0 Å². The van der Waals surface area contributed by atoms with Gasteiger partial charge in [-0.3, -0.25) is 9.62 Å². The van der Waals surface area contributed by atoms with E-state index in [1.807, 2.05) is 11.9 Å². The van der Waals surface area contributed by atoms with Crippen molar-refractivity contribution in [1.29, 1.82) is 0 Å². The van der Waals surface area contributed by atoms with Crippen molar-refractivity contribution in [3.05, 3.63) is 29.8 Å². The number of likely N-dealkylation sites (N-methyl/N-ethyl adjacent to an activating group) is 1. The van der Waals surface area contributed by atoms with Gasteiger partial charge in [-0.2, -0.15) is 21.6 Å². The zero-order chi connectivity index (χ0) is 21.5. The van der Waals surface area contributed by atoms with E-state index in [2.05, 4.69) is 33.9 Å². The van der Waals surface area contributed by atoms with Crippen LogP contribution in [0.25, 0.3) is 0 Å². The predicted octanol–water partition coefficient (Wildman–Crippen LogP) is 4.72. The molecule has 1 fully saturated rings. The van der Waals surface area contributed by atoms with E-state index < -0.39 is 23.8 Å². The highest BCUT2D eigenvalue weighted by Crippen LogP contribution is 2.42. The molecule has 160 valence electrons. The molecule has 1 saturated heterocycles. The Morgan fingerprint density at radius 3 is 2.29 bits per heavy atom. The minimum absolute atomic E-state index is 0.0455. The molecule has 2 atom stereocenters. The van der Waals surface area contributed by atoms with E-state index >= 15 is 0 Å². The van der Waals surface area contributed by atoms with Crippen LogP contribution in [0, 0.1) is 0 Å². The second-order valence-electron chi connectivity index (χ2n) is 8.83. The van der Waals surface area contributed by atoms with Crippen LogP contribution in [0.5, 0.6) is 0 Å². The molecule has 10 heteroatoms. The molecule has 1 aliphatic heterocycles. The summed E-state index contributed by atoms with van der Waals surface area (Å²) in [5, 5.41) is 0.0455. The van der Waals surface area contributed by atoms with E-state index in [1.54, 1.807) is 16.9 Å². The molecule has 0 bridgehead atoms. The van der Waals surface area contributed by atoms with Gasteiger partial charge in [0.25, 0.3) is 0 Å². The summed E-state index contributed by atoms with van der Waals surface area (Å²) >= 11 is 0. The number of sulfonamides is 1. The number of para-hydroxylation sites is 1. The molecule has 0 radical (unpaired) electrons. The molecule has 0 saturated carbocycles. The molecule has 1 aliphatic rings. The van der Waals surface area contributed by atoms with E-state index in [9.17, 15) is 21.6 Å². The Labute approximate surface area is 166 Å². The van der Waals surface area contributed by atoms with E-state index in [0.717, 1.165) is 0 Å². The van der Waals surface area contributed by atoms with Gasteiger partial charge in [0, 0.05) is 12.6 Å². The Morgan fingerprint density at radius 2 is 1.75 bits per heavy atom. The zero-order valence-electron chi connectivity index (χ0n) is 17.1. The smallest absolute Gasteiger partial charge is 0.413 e. The molecule has 1 aromatic carbocycles. The number of rotatable bonds is 5. The van der Waals surface area contributed by atoms with E-state index in [0.29, 0.717) is 18.5 Å². The third kappa shape index (κ3) is 4.89. The number of hydrogen-bond donors (Lipinski definition) is 1. The third-order valence-corrected chi connectivity index (χ3v) is 11.3. The lowest BCUT2D eigenvalue weighted by atomic mass is 10.0. The highest BCUT2D eigenvalue weighted by molar-refractivity contribution is 7.93. The van der Waals surface area contributed by atoms with Crippen LogP contribution in [0.4, 0.5) is 18.9 Å². The van der Waals surface area contributed by atoms with E-state index in [4.69, 9.17) is 4.43 Å². The van der Waals surface area contributed by atoms with Gasteiger partial charge in [0.2, 0.25) is 0 Å². The lowest BCUT2D eigenvalue weighted by molar-refractivity contribution is -0.0429. The summed E-state index contributed by atoms with van der Waals surface area (Å²) in [6.45, 7) is 11.4. The predicted molar refractivity (Wildman–Crippen MR) is 107 cm³/mol. The molecular weight excluding hydrogens is 409 g/mol.